The minimum Gasteiger partial charge on any atom is -0.125 e. The van der Waals surface area contributed by atoms with Gasteiger partial charge in [-0.15, -0.1) is 5.54 Å². The molecule has 0 spiro atoms. The lowest BCUT2D eigenvalue weighted by atomic mass is 10.1. The second-order valence-electron chi connectivity index (χ2n) is 11.5. The summed E-state index contributed by atoms with van der Waals surface area (Å²) in [5, 5.41) is 0. The van der Waals surface area contributed by atoms with Crippen molar-refractivity contribution in [2.75, 3.05) is 0 Å². The van der Waals surface area contributed by atoms with E-state index < -0.39 is 8.07 Å². The second kappa shape index (κ2) is 14.3. The Morgan fingerprint density at radius 2 is 0.571 bits per heavy atom. The molecule has 0 aliphatic heterocycles. The average Bonchev–Trinajstić information content (AvgIpc) is 3.00. The van der Waals surface area contributed by atoms with E-state index in [1.165, 1.54) is 0 Å². The van der Waals surface area contributed by atoms with Crippen molar-refractivity contribution in [2.45, 2.75) is 58.2 Å². The molecule has 0 fully saturated rings. The number of benzene rings is 4. The maximum Gasteiger partial charge on any atom is 0.146 e. The predicted molar refractivity (Wildman–Crippen MR) is 182 cm³/mol. The highest BCUT2D eigenvalue weighted by Crippen LogP contribution is 2.40. The first kappa shape index (κ1) is 30.3. The molecule has 0 aliphatic carbocycles. The highest BCUT2D eigenvalue weighted by atomic mass is 28.3. The largest absolute Gasteiger partial charge is 0.146 e. The van der Waals surface area contributed by atoms with Crippen molar-refractivity contribution in [1.29, 1.82) is 0 Å². The van der Waals surface area contributed by atoms with Gasteiger partial charge in [0.25, 0.3) is 0 Å². The molecule has 0 aromatic heterocycles. The van der Waals surface area contributed by atoms with Crippen LogP contribution < -0.4 is 0 Å². The zero-order chi connectivity index (χ0) is 30.0. The lowest BCUT2D eigenvalue weighted by Gasteiger charge is -2.38. The third-order valence-electron chi connectivity index (χ3n) is 7.77. The first-order valence-electron chi connectivity index (χ1n) is 14.7. The highest BCUT2D eigenvalue weighted by Gasteiger charge is 2.41. The standard InChI is InChI=1S/C41H38Si/c1-32(2)42(33(3)4,34(5)6)31-30-41-28-26-40(27-29-41)25-24-39-22-20-38(21-23-39)19-18-37-16-14-36(15-17-37)13-12-35-10-8-7-9-11-35/h7-11,14-17,20-23,26-29,32-34H,1-6H3. The second-order valence-corrected chi connectivity index (χ2v) is 17.1. The van der Waals surface area contributed by atoms with Crippen LogP contribution in [-0.4, -0.2) is 8.07 Å². The number of rotatable bonds is 3. The molecule has 0 amide bonds. The van der Waals surface area contributed by atoms with Crippen LogP contribution in [0.3, 0.4) is 0 Å². The van der Waals surface area contributed by atoms with Crippen LogP contribution in [0.15, 0.2) is 103 Å². The van der Waals surface area contributed by atoms with E-state index in [4.69, 9.17) is 0 Å². The molecule has 0 heterocycles. The fourth-order valence-electron chi connectivity index (χ4n) is 5.48. The van der Waals surface area contributed by atoms with Gasteiger partial charge in [-0.25, -0.2) is 0 Å². The van der Waals surface area contributed by atoms with Gasteiger partial charge in [0, 0.05) is 38.9 Å². The summed E-state index contributed by atoms with van der Waals surface area (Å²) in [4.78, 5) is 0. The van der Waals surface area contributed by atoms with E-state index in [1.54, 1.807) is 0 Å². The van der Waals surface area contributed by atoms with Crippen molar-refractivity contribution in [3.8, 4) is 47.0 Å². The Morgan fingerprint density at radius 3 is 0.833 bits per heavy atom. The van der Waals surface area contributed by atoms with E-state index in [9.17, 15) is 0 Å². The molecule has 0 saturated carbocycles. The van der Waals surface area contributed by atoms with Crippen LogP contribution in [0.2, 0.25) is 16.6 Å². The summed E-state index contributed by atoms with van der Waals surface area (Å²) in [6, 6.07) is 34.4. The minimum absolute atomic E-state index is 0.629. The van der Waals surface area contributed by atoms with Gasteiger partial charge in [-0.3, -0.25) is 0 Å². The normalized spacial score (nSPS) is 10.5. The Balaban J connectivity index is 1.39. The van der Waals surface area contributed by atoms with Gasteiger partial charge in [0.05, 0.1) is 0 Å². The molecule has 42 heavy (non-hydrogen) atoms. The molecule has 0 nitrogen and oxygen atoms in total. The van der Waals surface area contributed by atoms with Crippen molar-refractivity contribution >= 4 is 8.07 Å². The Bertz CT molecular complexity index is 1700. The van der Waals surface area contributed by atoms with E-state index >= 15 is 0 Å². The summed E-state index contributed by atoms with van der Waals surface area (Å²) < 4.78 is 0. The zero-order valence-corrected chi connectivity index (χ0v) is 26.5. The summed E-state index contributed by atoms with van der Waals surface area (Å²) in [7, 11) is -1.73. The summed E-state index contributed by atoms with van der Waals surface area (Å²) >= 11 is 0. The van der Waals surface area contributed by atoms with E-state index in [1.807, 2.05) is 78.9 Å². The molecule has 0 aliphatic rings. The smallest absolute Gasteiger partial charge is 0.125 e. The van der Waals surface area contributed by atoms with Gasteiger partial charge in [-0.05, 0) is 102 Å². The molecule has 0 atom stereocenters. The van der Waals surface area contributed by atoms with Gasteiger partial charge in [0.2, 0.25) is 0 Å². The van der Waals surface area contributed by atoms with Gasteiger partial charge in [0.15, 0.2) is 0 Å². The Labute approximate surface area is 254 Å². The molecular weight excluding hydrogens is 521 g/mol. The van der Waals surface area contributed by atoms with Crippen molar-refractivity contribution in [1.82, 2.24) is 0 Å². The predicted octanol–water partition coefficient (Wildman–Crippen LogP) is 9.46. The molecule has 4 rings (SSSR count). The molecule has 0 bridgehead atoms. The molecule has 4 aromatic rings. The van der Waals surface area contributed by atoms with Crippen LogP contribution >= 0.6 is 0 Å². The summed E-state index contributed by atoms with van der Waals surface area (Å²) in [6.07, 6.45) is 0. The van der Waals surface area contributed by atoms with E-state index in [-0.39, 0.29) is 0 Å². The van der Waals surface area contributed by atoms with Crippen molar-refractivity contribution < 1.29 is 0 Å². The third kappa shape index (κ3) is 7.96. The van der Waals surface area contributed by atoms with E-state index in [0.717, 1.165) is 38.9 Å². The Kier molecular flexibility index (Phi) is 10.3. The SMILES string of the molecule is CC(C)[Si](C#Cc1ccc(C#Cc2ccc(C#Cc3ccc(C#Cc4ccccc4)cc3)cc2)cc1)(C(C)C)C(C)C. The van der Waals surface area contributed by atoms with Crippen molar-refractivity contribution in [3.05, 3.63) is 142 Å². The summed E-state index contributed by atoms with van der Waals surface area (Å²) in [5.41, 5.74) is 12.6. The topological polar surface area (TPSA) is 0 Å². The van der Waals surface area contributed by atoms with E-state index in [2.05, 4.69) is 113 Å². The Morgan fingerprint density at radius 1 is 0.333 bits per heavy atom. The number of hydrogen-bond donors (Lipinski definition) is 0. The quantitative estimate of drug-likeness (QED) is 0.174. The first-order chi connectivity index (χ1) is 20.3. The molecule has 0 N–H and O–H groups in total. The van der Waals surface area contributed by atoms with Crippen molar-refractivity contribution in [3.63, 3.8) is 0 Å². The average molecular weight is 559 g/mol. The molecule has 0 unspecified atom stereocenters. The van der Waals surface area contributed by atoms with Gasteiger partial charge >= 0.3 is 0 Å². The van der Waals surface area contributed by atoms with Crippen LogP contribution in [0.4, 0.5) is 0 Å². The van der Waals surface area contributed by atoms with Crippen molar-refractivity contribution in [2.24, 2.45) is 0 Å². The van der Waals surface area contributed by atoms with Gasteiger partial charge < -0.3 is 0 Å². The van der Waals surface area contributed by atoms with Crippen LogP contribution in [-0.2, 0) is 0 Å². The molecule has 206 valence electrons. The summed E-state index contributed by atoms with van der Waals surface area (Å²) in [6.45, 7) is 14.1. The molecule has 1 heteroatoms. The molecule has 0 saturated heterocycles. The lowest BCUT2D eigenvalue weighted by molar-refractivity contribution is 0.838. The van der Waals surface area contributed by atoms with Crippen LogP contribution in [0.25, 0.3) is 0 Å². The monoisotopic (exact) mass is 558 g/mol. The lowest BCUT2D eigenvalue weighted by Crippen LogP contribution is -2.43. The fraction of sp³-hybridized carbons (Fsp3) is 0.220. The van der Waals surface area contributed by atoms with Crippen LogP contribution in [0.5, 0.6) is 0 Å². The van der Waals surface area contributed by atoms with Gasteiger partial charge in [-0.1, -0.05) is 101 Å². The fourth-order valence-corrected chi connectivity index (χ4v) is 10.7. The zero-order valence-electron chi connectivity index (χ0n) is 25.5. The minimum atomic E-state index is -1.73. The number of hydrogen-bond acceptors (Lipinski definition) is 0. The van der Waals surface area contributed by atoms with E-state index in [0.29, 0.717) is 16.6 Å². The van der Waals surface area contributed by atoms with Crippen LogP contribution in [0, 0.1) is 47.0 Å². The van der Waals surface area contributed by atoms with Crippen LogP contribution in [0.1, 0.15) is 80.5 Å². The van der Waals surface area contributed by atoms with Gasteiger partial charge in [0.1, 0.15) is 8.07 Å². The maximum absolute atomic E-state index is 3.80. The Hall–Kier alpha value is -4.66. The summed E-state index contributed by atoms with van der Waals surface area (Å²) in [5.74, 6) is 22.9. The third-order valence-corrected chi connectivity index (χ3v) is 14.1. The molecule has 0 radical (unpaired) electrons. The molecule has 4 aromatic carbocycles. The maximum atomic E-state index is 3.80. The van der Waals surface area contributed by atoms with Gasteiger partial charge in [-0.2, -0.15) is 0 Å². The highest BCUT2D eigenvalue weighted by molar-refractivity contribution is 6.90. The molecular formula is C41H38Si. The first-order valence-corrected chi connectivity index (χ1v) is 16.9.